The zero-order valence-electron chi connectivity index (χ0n) is 22.3. The number of aryl methyl sites for hydroxylation is 1. The molecule has 2 aromatic rings. The number of ketones is 1. The van der Waals surface area contributed by atoms with E-state index >= 15 is 0 Å². The van der Waals surface area contributed by atoms with Crippen LogP contribution in [0.4, 0.5) is 0 Å². The molecule has 3 heterocycles. The van der Waals surface area contributed by atoms with E-state index in [9.17, 15) is 19.2 Å². The molecule has 12 nitrogen and oxygen atoms in total. The van der Waals surface area contributed by atoms with Crippen LogP contribution in [0, 0.1) is 12.8 Å². The third-order valence-electron chi connectivity index (χ3n) is 6.05. The summed E-state index contributed by atoms with van der Waals surface area (Å²) in [6.07, 6.45) is 3.71. The molecular formula is C26H35N5O7. The van der Waals surface area contributed by atoms with Gasteiger partial charge in [-0.15, -0.1) is 0 Å². The lowest BCUT2D eigenvalue weighted by Gasteiger charge is -2.26. The molecule has 0 saturated carbocycles. The van der Waals surface area contributed by atoms with Gasteiger partial charge < -0.3 is 29.9 Å². The highest BCUT2D eigenvalue weighted by molar-refractivity contribution is 5.99. The van der Waals surface area contributed by atoms with Crippen LogP contribution in [0.25, 0.3) is 0 Å². The number of nitrogens with zero attached hydrogens (tertiary/aromatic N) is 2. The lowest BCUT2D eigenvalue weighted by Crippen LogP contribution is -2.58. The Hall–Kier alpha value is -3.64. The van der Waals surface area contributed by atoms with Crippen LogP contribution in [0.5, 0.6) is 0 Å². The number of nitrogens with one attached hydrogen (secondary N) is 3. The molecule has 3 N–H and O–H groups in total. The Morgan fingerprint density at radius 1 is 1.11 bits per heavy atom. The van der Waals surface area contributed by atoms with Gasteiger partial charge in [-0.1, -0.05) is 25.1 Å². The SMILES string of the molecule is COC[C@H](NC(=O)c1cc(C)on1)C(=O)N[C@@H](Cc1cccnc1)C(=O)N[C@@H](CC(C)C)C(=O)[C@]1(C)CO1. The molecule has 4 atom stereocenters. The largest absolute Gasteiger partial charge is 0.382 e. The highest BCUT2D eigenvalue weighted by atomic mass is 16.6. The minimum Gasteiger partial charge on any atom is -0.382 e. The fourth-order valence-electron chi connectivity index (χ4n) is 3.89. The molecule has 1 saturated heterocycles. The topological polar surface area (TPSA) is 165 Å². The van der Waals surface area contributed by atoms with E-state index in [0.29, 0.717) is 24.4 Å². The van der Waals surface area contributed by atoms with Gasteiger partial charge in [-0.25, -0.2) is 0 Å². The Kier molecular flexibility index (Phi) is 9.70. The van der Waals surface area contributed by atoms with Crippen LogP contribution in [0.1, 0.15) is 49.0 Å². The number of ether oxygens (including phenoxy) is 2. The number of pyridine rings is 1. The van der Waals surface area contributed by atoms with Crippen LogP contribution < -0.4 is 16.0 Å². The number of carbonyl (C=O) groups excluding carboxylic acids is 4. The maximum atomic E-state index is 13.5. The van der Waals surface area contributed by atoms with Crippen LogP contribution >= 0.6 is 0 Å². The Morgan fingerprint density at radius 3 is 2.34 bits per heavy atom. The summed E-state index contributed by atoms with van der Waals surface area (Å²) in [4.78, 5) is 56.4. The summed E-state index contributed by atoms with van der Waals surface area (Å²) < 4.78 is 15.4. The molecule has 0 unspecified atom stereocenters. The van der Waals surface area contributed by atoms with Crippen molar-refractivity contribution in [2.45, 2.75) is 64.3 Å². The van der Waals surface area contributed by atoms with Gasteiger partial charge in [0.05, 0.1) is 19.3 Å². The molecule has 1 aliphatic rings. The van der Waals surface area contributed by atoms with Gasteiger partial charge >= 0.3 is 0 Å². The minimum atomic E-state index is -1.12. The molecule has 1 fully saturated rings. The van der Waals surface area contributed by atoms with Gasteiger partial charge in [0.15, 0.2) is 11.5 Å². The summed E-state index contributed by atoms with van der Waals surface area (Å²) in [7, 11) is 1.38. The van der Waals surface area contributed by atoms with E-state index in [1.54, 1.807) is 38.4 Å². The standard InChI is InChI=1S/C26H35N5O7/c1-15(2)9-18(22(32)26(4)14-37-26)28-23(33)19(11-17-7-6-8-27-12-17)29-25(35)21(13-36-5)30-24(34)20-10-16(3)38-31-20/h6-8,10,12,15,18-19,21H,9,11,13-14H2,1-5H3,(H,28,33)(H,29,35)(H,30,34)/t18-,19-,21-,26-/m0/s1. The number of amides is 3. The van der Waals surface area contributed by atoms with E-state index in [2.05, 4.69) is 26.1 Å². The Labute approximate surface area is 221 Å². The van der Waals surface area contributed by atoms with Crippen molar-refractivity contribution in [3.05, 3.63) is 47.6 Å². The normalized spacial score (nSPS) is 18.8. The second kappa shape index (κ2) is 12.7. The molecule has 38 heavy (non-hydrogen) atoms. The molecule has 0 radical (unpaired) electrons. The van der Waals surface area contributed by atoms with Gasteiger partial charge in [-0.3, -0.25) is 24.2 Å². The fraction of sp³-hybridized carbons (Fsp3) is 0.538. The molecule has 2 aromatic heterocycles. The first-order chi connectivity index (χ1) is 18.0. The first kappa shape index (κ1) is 28.9. The maximum Gasteiger partial charge on any atom is 0.274 e. The van der Waals surface area contributed by atoms with Gasteiger partial charge in [0.25, 0.3) is 5.91 Å². The number of carbonyl (C=O) groups is 4. The minimum absolute atomic E-state index is 0.00638. The second-order valence-corrected chi connectivity index (χ2v) is 10.0. The molecular weight excluding hydrogens is 494 g/mol. The predicted molar refractivity (Wildman–Crippen MR) is 135 cm³/mol. The van der Waals surface area contributed by atoms with Crippen LogP contribution in [-0.2, 0) is 30.3 Å². The highest BCUT2D eigenvalue weighted by Crippen LogP contribution is 2.29. The monoisotopic (exact) mass is 529 g/mol. The van der Waals surface area contributed by atoms with E-state index in [1.807, 2.05) is 13.8 Å². The van der Waals surface area contributed by atoms with Gasteiger partial charge in [0.2, 0.25) is 11.8 Å². The Morgan fingerprint density at radius 2 is 1.79 bits per heavy atom. The second-order valence-electron chi connectivity index (χ2n) is 10.0. The van der Waals surface area contributed by atoms with Gasteiger partial charge in [0, 0.05) is 32.0 Å². The van der Waals surface area contributed by atoms with Crippen molar-refractivity contribution in [2.75, 3.05) is 20.3 Å². The van der Waals surface area contributed by atoms with Crippen molar-refractivity contribution in [3.8, 4) is 0 Å². The number of Topliss-reactive ketones (excluding diaryl/α,β-unsaturated/α-hetero) is 1. The average Bonchev–Trinajstić information content (AvgIpc) is 3.48. The smallest absolute Gasteiger partial charge is 0.274 e. The Balaban J connectivity index is 1.78. The van der Waals surface area contributed by atoms with Crippen molar-refractivity contribution >= 4 is 23.5 Å². The zero-order valence-corrected chi connectivity index (χ0v) is 22.3. The van der Waals surface area contributed by atoms with Crippen LogP contribution in [0.3, 0.4) is 0 Å². The van der Waals surface area contributed by atoms with E-state index in [-0.39, 0.29) is 30.4 Å². The Bertz CT molecular complexity index is 1130. The molecule has 3 rings (SSSR count). The summed E-state index contributed by atoms with van der Waals surface area (Å²) in [6.45, 7) is 7.38. The highest BCUT2D eigenvalue weighted by Gasteiger charge is 2.50. The van der Waals surface area contributed by atoms with E-state index in [1.165, 1.54) is 13.2 Å². The first-order valence-corrected chi connectivity index (χ1v) is 12.4. The first-order valence-electron chi connectivity index (χ1n) is 12.4. The molecule has 0 aliphatic carbocycles. The molecule has 0 bridgehead atoms. The molecule has 206 valence electrons. The van der Waals surface area contributed by atoms with Gasteiger partial charge in [0.1, 0.15) is 23.4 Å². The van der Waals surface area contributed by atoms with Gasteiger partial charge in [-0.2, -0.15) is 0 Å². The van der Waals surface area contributed by atoms with Crippen LogP contribution in [-0.4, -0.2) is 77.7 Å². The van der Waals surface area contributed by atoms with Crippen LogP contribution in [0.15, 0.2) is 35.1 Å². The molecule has 3 amide bonds. The summed E-state index contributed by atoms with van der Waals surface area (Å²) in [6, 6.07) is 1.96. The van der Waals surface area contributed by atoms with Crippen molar-refractivity contribution in [2.24, 2.45) is 5.92 Å². The number of methoxy groups -OCH3 is 1. The number of epoxide rings is 1. The van der Waals surface area contributed by atoms with Gasteiger partial charge in [-0.05, 0) is 37.8 Å². The van der Waals surface area contributed by atoms with E-state index in [0.717, 1.165) is 0 Å². The van der Waals surface area contributed by atoms with Crippen molar-refractivity contribution in [1.82, 2.24) is 26.1 Å². The summed E-state index contributed by atoms with van der Waals surface area (Å²) >= 11 is 0. The third-order valence-corrected chi connectivity index (χ3v) is 6.05. The van der Waals surface area contributed by atoms with E-state index in [4.69, 9.17) is 14.0 Å². The van der Waals surface area contributed by atoms with E-state index < -0.39 is 41.4 Å². The number of hydrogen-bond donors (Lipinski definition) is 3. The predicted octanol–water partition coefficient (Wildman–Crippen LogP) is 0.739. The summed E-state index contributed by atoms with van der Waals surface area (Å²) in [5.74, 6) is -1.47. The summed E-state index contributed by atoms with van der Waals surface area (Å²) in [5, 5.41) is 11.7. The lowest BCUT2D eigenvalue weighted by molar-refractivity contribution is -0.133. The maximum absolute atomic E-state index is 13.5. The summed E-state index contributed by atoms with van der Waals surface area (Å²) in [5.41, 5.74) is -0.211. The van der Waals surface area contributed by atoms with Crippen molar-refractivity contribution in [1.29, 1.82) is 0 Å². The number of aromatic nitrogens is 2. The van der Waals surface area contributed by atoms with Crippen LogP contribution in [0.2, 0.25) is 0 Å². The molecule has 12 heteroatoms. The zero-order chi connectivity index (χ0) is 27.9. The molecule has 0 spiro atoms. The average molecular weight is 530 g/mol. The number of hydrogen-bond acceptors (Lipinski definition) is 9. The quantitative estimate of drug-likeness (QED) is 0.299. The van der Waals surface area contributed by atoms with Crippen molar-refractivity contribution in [3.63, 3.8) is 0 Å². The number of rotatable bonds is 14. The lowest BCUT2D eigenvalue weighted by atomic mass is 9.93. The van der Waals surface area contributed by atoms with Crippen molar-refractivity contribution < 1.29 is 33.2 Å². The fourth-order valence-corrected chi connectivity index (χ4v) is 3.89. The molecule has 1 aliphatic heterocycles. The third kappa shape index (κ3) is 7.93. The molecule has 0 aromatic carbocycles.